The van der Waals surface area contributed by atoms with Crippen LogP contribution >= 0.6 is 0 Å². The Morgan fingerprint density at radius 1 is 1.05 bits per heavy atom. The molecule has 0 aliphatic carbocycles. The second-order valence-electron chi connectivity index (χ2n) is 3.85. The molecule has 20 heavy (non-hydrogen) atoms. The number of ether oxygens (including phenoxy) is 1. The van der Waals surface area contributed by atoms with Crippen LogP contribution in [0.4, 0.5) is 0 Å². The minimum absolute atomic E-state index is 0.0145. The smallest absolute Gasteiger partial charge is 0.339 e. The van der Waals surface area contributed by atoms with Crippen LogP contribution < -0.4 is 8.92 Å². The van der Waals surface area contributed by atoms with E-state index in [9.17, 15) is 8.42 Å². The Morgan fingerprint density at radius 2 is 1.70 bits per heavy atom. The molecule has 0 bridgehead atoms. The molecule has 102 valence electrons. The Bertz CT molecular complexity index is 745. The van der Waals surface area contributed by atoms with Crippen LogP contribution in [0, 0.1) is 11.3 Å². The molecule has 2 aromatic rings. The highest BCUT2D eigenvalue weighted by atomic mass is 32.2. The van der Waals surface area contributed by atoms with Crippen LogP contribution in [0.2, 0.25) is 0 Å². The van der Waals surface area contributed by atoms with Crippen molar-refractivity contribution in [1.29, 1.82) is 5.26 Å². The van der Waals surface area contributed by atoms with Crippen molar-refractivity contribution in [3.05, 3.63) is 54.1 Å². The molecular formula is C14H11NO4S. The molecule has 2 rings (SSSR count). The highest BCUT2D eigenvalue weighted by Gasteiger charge is 2.16. The summed E-state index contributed by atoms with van der Waals surface area (Å²) in [6, 6.07) is 13.7. The third-order valence-electron chi connectivity index (χ3n) is 2.52. The molecule has 5 nitrogen and oxygen atoms in total. The van der Waals surface area contributed by atoms with Gasteiger partial charge in [-0.3, -0.25) is 0 Å². The fraction of sp³-hybridized carbons (Fsp3) is 0.0714. The zero-order valence-corrected chi connectivity index (χ0v) is 11.4. The number of nitriles is 1. The Kier molecular flexibility index (Phi) is 3.91. The number of methoxy groups -OCH3 is 1. The predicted octanol–water partition coefficient (Wildman–Crippen LogP) is 2.33. The largest absolute Gasteiger partial charge is 0.497 e. The summed E-state index contributed by atoms with van der Waals surface area (Å²) in [5.41, 5.74) is 0.380. The van der Waals surface area contributed by atoms with E-state index < -0.39 is 10.1 Å². The first kappa shape index (κ1) is 13.9. The van der Waals surface area contributed by atoms with Gasteiger partial charge >= 0.3 is 10.1 Å². The Balaban J connectivity index is 2.28. The molecule has 0 unspecified atom stereocenters. The first-order valence-electron chi connectivity index (χ1n) is 5.64. The van der Waals surface area contributed by atoms with Crippen molar-refractivity contribution in [1.82, 2.24) is 0 Å². The third-order valence-corrected chi connectivity index (χ3v) is 3.78. The van der Waals surface area contributed by atoms with Crippen molar-refractivity contribution < 1.29 is 17.3 Å². The standard InChI is InChI=1S/C14H11NO4S/c1-18-12-3-2-4-13(9-12)19-20(16,17)14-7-5-11(10-15)6-8-14/h2-9H,1H3. The normalized spacial score (nSPS) is 10.6. The van der Waals surface area contributed by atoms with Crippen LogP contribution in [-0.4, -0.2) is 15.5 Å². The zero-order chi connectivity index (χ0) is 14.6. The summed E-state index contributed by atoms with van der Waals surface area (Å²) in [6.07, 6.45) is 0. The molecule has 0 N–H and O–H groups in total. The van der Waals surface area contributed by atoms with Gasteiger partial charge in [0.1, 0.15) is 16.4 Å². The SMILES string of the molecule is COc1cccc(OS(=O)(=O)c2ccc(C#N)cc2)c1. The van der Waals surface area contributed by atoms with Gasteiger partial charge in [0.25, 0.3) is 0 Å². The van der Waals surface area contributed by atoms with Crippen LogP contribution in [0.15, 0.2) is 53.4 Å². The van der Waals surface area contributed by atoms with Crippen molar-refractivity contribution in [3.8, 4) is 17.6 Å². The van der Waals surface area contributed by atoms with Gasteiger partial charge in [-0.2, -0.15) is 13.7 Å². The highest BCUT2D eigenvalue weighted by molar-refractivity contribution is 7.87. The Morgan fingerprint density at radius 3 is 2.30 bits per heavy atom. The molecule has 0 aliphatic heterocycles. The number of rotatable bonds is 4. The number of benzene rings is 2. The van der Waals surface area contributed by atoms with E-state index >= 15 is 0 Å². The van der Waals surface area contributed by atoms with Gasteiger partial charge in [0.05, 0.1) is 18.7 Å². The summed E-state index contributed by atoms with van der Waals surface area (Å²) in [5.74, 6) is 0.659. The van der Waals surface area contributed by atoms with E-state index in [1.54, 1.807) is 12.1 Å². The molecular weight excluding hydrogens is 278 g/mol. The summed E-state index contributed by atoms with van der Waals surface area (Å²) >= 11 is 0. The van der Waals surface area contributed by atoms with Gasteiger partial charge in [-0.1, -0.05) is 6.07 Å². The van der Waals surface area contributed by atoms with Crippen molar-refractivity contribution in [3.63, 3.8) is 0 Å². The summed E-state index contributed by atoms with van der Waals surface area (Å²) in [7, 11) is -2.45. The molecule has 0 atom stereocenters. The minimum atomic E-state index is -3.93. The van der Waals surface area contributed by atoms with Crippen LogP contribution in [0.3, 0.4) is 0 Å². The Hall–Kier alpha value is -2.52. The lowest BCUT2D eigenvalue weighted by Crippen LogP contribution is -2.09. The van der Waals surface area contributed by atoms with Gasteiger partial charge in [-0.05, 0) is 36.4 Å². The maximum absolute atomic E-state index is 12.1. The van der Waals surface area contributed by atoms with E-state index in [1.165, 1.54) is 43.5 Å². The summed E-state index contributed by atoms with van der Waals surface area (Å²) in [5, 5.41) is 8.68. The molecule has 0 fully saturated rings. The minimum Gasteiger partial charge on any atom is -0.497 e. The molecule has 0 amide bonds. The van der Waals surface area contributed by atoms with E-state index in [0.717, 1.165) is 0 Å². The van der Waals surface area contributed by atoms with Gasteiger partial charge in [-0.25, -0.2) is 0 Å². The quantitative estimate of drug-likeness (QED) is 0.807. The van der Waals surface area contributed by atoms with Crippen molar-refractivity contribution in [2.45, 2.75) is 4.90 Å². The number of nitrogens with zero attached hydrogens (tertiary/aromatic N) is 1. The topological polar surface area (TPSA) is 76.4 Å². The number of hydrogen-bond donors (Lipinski definition) is 0. The van der Waals surface area contributed by atoms with Crippen molar-refractivity contribution in [2.24, 2.45) is 0 Å². The highest BCUT2D eigenvalue weighted by Crippen LogP contribution is 2.23. The summed E-state index contributed by atoms with van der Waals surface area (Å²) < 4.78 is 34.1. The maximum Gasteiger partial charge on any atom is 0.339 e. The van der Waals surface area contributed by atoms with Gasteiger partial charge < -0.3 is 8.92 Å². The monoisotopic (exact) mass is 289 g/mol. The van der Waals surface area contributed by atoms with Crippen molar-refractivity contribution >= 4 is 10.1 Å². The molecule has 0 saturated heterocycles. The van der Waals surface area contributed by atoms with Crippen LogP contribution in [0.5, 0.6) is 11.5 Å². The molecule has 6 heteroatoms. The van der Waals surface area contributed by atoms with E-state index in [4.69, 9.17) is 14.2 Å². The third kappa shape index (κ3) is 3.08. The second-order valence-corrected chi connectivity index (χ2v) is 5.40. The van der Waals surface area contributed by atoms with E-state index in [-0.39, 0.29) is 10.6 Å². The predicted molar refractivity (Wildman–Crippen MR) is 72.0 cm³/mol. The van der Waals surface area contributed by atoms with E-state index in [0.29, 0.717) is 11.3 Å². The van der Waals surface area contributed by atoms with Crippen LogP contribution in [-0.2, 0) is 10.1 Å². The second kappa shape index (κ2) is 5.63. The average Bonchev–Trinajstić information content (AvgIpc) is 2.47. The lowest BCUT2D eigenvalue weighted by atomic mass is 10.2. The molecule has 2 aromatic carbocycles. The van der Waals surface area contributed by atoms with Crippen molar-refractivity contribution in [2.75, 3.05) is 7.11 Å². The molecule has 0 aromatic heterocycles. The average molecular weight is 289 g/mol. The van der Waals surface area contributed by atoms with Crippen LogP contribution in [0.25, 0.3) is 0 Å². The van der Waals surface area contributed by atoms with Gasteiger partial charge in [0.2, 0.25) is 0 Å². The fourth-order valence-electron chi connectivity index (χ4n) is 1.52. The summed E-state index contributed by atoms with van der Waals surface area (Å²) in [4.78, 5) is -0.0145. The van der Waals surface area contributed by atoms with Crippen LogP contribution in [0.1, 0.15) is 5.56 Å². The van der Waals surface area contributed by atoms with E-state index in [2.05, 4.69) is 0 Å². The first-order valence-corrected chi connectivity index (χ1v) is 7.05. The number of hydrogen-bond acceptors (Lipinski definition) is 5. The molecule has 0 radical (unpaired) electrons. The van der Waals surface area contributed by atoms with E-state index in [1.807, 2.05) is 6.07 Å². The lowest BCUT2D eigenvalue weighted by molar-refractivity contribution is 0.411. The molecule has 0 aliphatic rings. The molecule has 0 heterocycles. The lowest BCUT2D eigenvalue weighted by Gasteiger charge is -2.08. The summed E-state index contributed by atoms with van der Waals surface area (Å²) in [6.45, 7) is 0. The Labute approximate surface area is 117 Å². The van der Waals surface area contributed by atoms with Gasteiger partial charge in [0.15, 0.2) is 0 Å². The molecule has 0 saturated carbocycles. The van der Waals surface area contributed by atoms with Gasteiger partial charge in [-0.15, -0.1) is 0 Å². The fourth-order valence-corrected chi connectivity index (χ4v) is 2.45. The van der Waals surface area contributed by atoms with Gasteiger partial charge in [0, 0.05) is 6.07 Å². The zero-order valence-electron chi connectivity index (χ0n) is 10.6. The molecule has 0 spiro atoms. The first-order chi connectivity index (χ1) is 9.55. The maximum atomic E-state index is 12.1.